The van der Waals surface area contributed by atoms with Crippen LogP contribution in [0.15, 0.2) is 48.8 Å². The van der Waals surface area contributed by atoms with E-state index in [1.165, 1.54) is 17.0 Å². The molecule has 0 radical (unpaired) electrons. The molecule has 0 saturated carbocycles. The fourth-order valence-electron chi connectivity index (χ4n) is 4.02. The Morgan fingerprint density at radius 1 is 1.10 bits per heavy atom. The maximum absolute atomic E-state index is 14.9. The molecule has 3 heterocycles. The molecule has 1 aliphatic heterocycles. The van der Waals surface area contributed by atoms with E-state index in [2.05, 4.69) is 10.1 Å². The largest absolute Gasteiger partial charge is 0.328 e. The molecule has 2 aromatic heterocycles. The minimum atomic E-state index is -0.674. The van der Waals surface area contributed by atoms with E-state index in [1.54, 1.807) is 23.0 Å². The molecule has 7 heteroatoms. The Labute approximate surface area is 171 Å². The van der Waals surface area contributed by atoms with Gasteiger partial charge in [0.1, 0.15) is 11.6 Å². The summed E-state index contributed by atoms with van der Waals surface area (Å²) in [6.07, 6.45) is 3.47. The van der Waals surface area contributed by atoms with Gasteiger partial charge in [0.05, 0.1) is 29.9 Å². The van der Waals surface area contributed by atoms with Crippen LogP contribution in [-0.2, 0) is 20.1 Å². The van der Waals surface area contributed by atoms with Crippen molar-refractivity contribution in [1.29, 1.82) is 0 Å². The van der Waals surface area contributed by atoms with Crippen molar-refractivity contribution in [2.24, 2.45) is 7.05 Å². The first kappa shape index (κ1) is 18.4. The highest BCUT2D eigenvalue weighted by Crippen LogP contribution is 2.31. The third-order valence-electron chi connectivity index (χ3n) is 5.51. The number of pyridine rings is 1. The van der Waals surface area contributed by atoms with Crippen molar-refractivity contribution in [1.82, 2.24) is 19.7 Å². The molecule has 0 unspecified atom stereocenters. The van der Waals surface area contributed by atoms with Crippen molar-refractivity contribution >= 4 is 16.8 Å². The van der Waals surface area contributed by atoms with Crippen LogP contribution in [0.5, 0.6) is 0 Å². The standard InChI is InChI=1S/C23H18F2N4O/c1-13-6-21-15(10-28(2)27-21)7-17(13)14-8-19(24)18(20(25)9-14)11-29-12-22-16(23(29)30)4-3-5-26-22/h3-10H,11-12H2,1-2H3. The average Bonchev–Trinajstić information content (AvgIpc) is 3.22. The van der Waals surface area contributed by atoms with Crippen LogP contribution in [0.1, 0.15) is 27.2 Å². The molecule has 4 aromatic rings. The van der Waals surface area contributed by atoms with E-state index in [0.717, 1.165) is 22.0 Å². The van der Waals surface area contributed by atoms with E-state index in [9.17, 15) is 13.6 Å². The molecule has 0 spiro atoms. The highest BCUT2D eigenvalue weighted by Gasteiger charge is 2.29. The van der Waals surface area contributed by atoms with Crippen LogP contribution in [0.2, 0.25) is 0 Å². The molecule has 5 nitrogen and oxygen atoms in total. The Morgan fingerprint density at radius 2 is 1.87 bits per heavy atom. The molecule has 5 rings (SSSR count). The summed E-state index contributed by atoms with van der Waals surface area (Å²) in [4.78, 5) is 18.1. The minimum absolute atomic E-state index is 0.125. The molecule has 0 bridgehead atoms. The Bertz CT molecular complexity index is 1310. The summed E-state index contributed by atoms with van der Waals surface area (Å²) in [5.74, 6) is -1.61. The average molecular weight is 404 g/mol. The van der Waals surface area contributed by atoms with Gasteiger partial charge in [0.2, 0.25) is 0 Å². The maximum Gasteiger partial charge on any atom is 0.256 e. The molecule has 150 valence electrons. The smallest absolute Gasteiger partial charge is 0.256 e. The fraction of sp³-hybridized carbons (Fsp3) is 0.174. The van der Waals surface area contributed by atoms with Crippen molar-refractivity contribution in [3.8, 4) is 11.1 Å². The molecule has 0 atom stereocenters. The second-order valence-corrected chi connectivity index (χ2v) is 7.61. The van der Waals surface area contributed by atoms with Gasteiger partial charge in [-0.1, -0.05) is 0 Å². The van der Waals surface area contributed by atoms with E-state index in [-0.39, 0.29) is 24.6 Å². The molecular formula is C23H18F2N4O. The van der Waals surface area contributed by atoms with Crippen molar-refractivity contribution in [3.63, 3.8) is 0 Å². The number of rotatable bonds is 3. The van der Waals surface area contributed by atoms with E-state index in [4.69, 9.17) is 0 Å². The lowest BCUT2D eigenvalue weighted by Gasteiger charge is -2.17. The number of hydrogen-bond acceptors (Lipinski definition) is 3. The van der Waals surface area contributed by atoms with E-state index >= 15 is 0 Å². The summed E-state index contributed by atoms with van der Waals surface area (Å²) in [7, 11) is 1.83. The van der Waals surface area contributed by atoms with Gasteiger partial charge in [-0.3, -0.25) is 14.5 Å². The number of aromatic nitrogens is 3. The highest BCUT2D eigenvalue weighted by molar-refractivity contribution is 5.97. The topological polar surface area (TPSA) is 51.0 Å². The van der Waals surface area contributed by atoms with Crippen molar-refractivity contribution in [2.75, 3.05) is 0 Å². The van der Waals surface area contributed by atoms with Crippen LogP contribution in [-0.4, -0.2) is 25.6 Å². The summed E-state index contributed by atoms with van der Waals surface area (Å²) in [6, 6.07) is 9.80. The van der Waals surface area contributed by atoms with Gasteiger partial charge >= 0.3 is 0 Å². The second-order valence-electron chi connectivity index (χ2n) is 7.61. The van der Waals surface area contributed by atoms with E-state index < -0.39 is 11.6 Å². The van der Waals surface area contributed by atoms with Gasteiger partial charge in [-0.05, 0) is 60.0 Å². The summed E-state index contributed by atoms with van der Waals surface area (Å²) in [6.45, 7) is 1.99. The normalized spacial score (nSPS) is 13.3. The first-order valence-electron chi connectivity index (χ1n) is 9.56. The first-order valence-corrected chi connectivity index (χ1v) is 9.56. The third kappa shape index (κ3) is 2.94. The summed E-state index contributed by atoms with van der Waals surface area (Å²) in [5, 5.41) is 5.26. The number of aryl methyl sites for hydroxylation is 2. The predicted molar refractivity (Wildman–Crippen MR) is 109 cm³/mol. The van der Waals surface area contributed by atoms with Crippen molar-refractivity contribution in [2.45, 2.75) is 20.0 Å². The number of carbonyl (C=O) groups excluding carboxylic acids is 1. The van der Waals surface area contributed by atoms with Gasteiger partial charge in [0, 0.05) is 30.4 Å². The predicted octanol–water partition coefficient (Wildman–Crippen LogP) is 4.38. The van der Waals surface area contributed by atoms with Gasteiger partial charge in [-0.2, -0.15) is 5.10 Å². The maximum atomic E-state index is 14.9. The summed E-state index contributed by atoms with van der Waals surface area (Å²) < 4.78 is 31.6. The zero-order chi connectivity index (χ0) is 21.0. The van der Waals surface area contributed by atoms with Crippen LogP contribution >= 0.6 is 0 Å². The number of nitrogens with zero attached hydrogens (tertiary/aromatic N) is 4. The summed E-state index contributed by atoms with van der Waals surface area (Å²) >= 11 is 0. The number of carbonyl (C=O) groups is 1. The van der Waals surface area contributed by atoms with Gasteiger partial charge in [-0.25, -0.2) is 8.78 Å². The van der Waals surface area contributed by atoms with E-state index in [0.29, 0.717) is 16.8 Å². The Kier molecular flexibility index (Phi) is 4.13. The molecule has 0 fully saturated rings. The molecule has 1 aliphatic rings. The second kappa shape index (κ2) is 6.73. The highest BCUT2D eigenvalue weighted by atomic mass is 19.1. The third-order valence-corrected chi connectivity index (χ3v) is 5.51. The van der Waals surface area contributed by atoms with Gasteiger partial charge in [0.15, 0.2) is 0 Å². The number of fused-ring (bicyclic) bond motifs is 2. The monoisotopic (exact) mass is 404 g/mol. The number of halogens is 2. The molecule has 0 aliphatic carbocycles. The zero-order valence-electron chi connectivity index (χ0n) is 16.5. The molecule has 1 amide bonds. The van der Waals surface area contributed by atoms with Crippen LogP contribution in [0, 0.1) is 18.6 Å². The SMILES string of the molecule is Cc1cc2nn(C)cc2cc1-c1cc(F)c(CN2Cc3ncccc3C2=O)c(F)c1. The van der Waals surface area contributed by atoms with Gasteiger partial charge < -0.3 is 4.90 Å². The van der Waals surface area contributed by atoms with Crippen LogP contribution in [0.4, 0.5) is 8.78 Å². The number of amides is 1. The molecule has 0 saturated heterocycles. The van der Waals surface area contributed by atoms with Crippen LogP contribution < -0.4 is 0 Å². The quantitative estimate of drug-likeness (QED) is 0.509. The lowest BCUT2D eigenvalue weighted by atomic mass is 9.97. The Hall–Kier alpha value is -3.61. The lowest BCUT2D eigenvalue weighted by Crippen LogP contribution is -2.24. The molecule has 2 aromatic carbocycles. The van der Waals surface area contributed by atoms with Crippen LogP contribution in [0.3, 0.4) is 0 Å². The minimum Gasteiger partial charge on any atom is -0.328 e. The summed E-state index contributed by atoms with van der Waals surface area (Å²) in [5.41, 5.74) is 3.89. The van der Waals surface area contributed by atoms with E-state index in [1.807, 2.05) is 32.3 Å². The fourth-order valence-corrected chi connectivity index (χ4v) is 4.02. The first-order chi connectivity index (χ1) is 14.4. The van der Waals surface area contributed by atoms with Crippen molar-refractivity contribution in [3.05, 3.63) is 82.8 Å². The number of hydrogen-bond donors (Lipinski definition) is 0. The van der Waals surface area contributed by atoms with Gasteiger partial charge in [-0.15, -0.1) is 0 Å². The Morgan fingerprint density at radius 3 is 2.60 bits per heavy atom. The van der Waals surface area contributed by atoms with Crippen LogP contribution in [0.25, 0.3) is 22.0 Å². The van der Waals surface area contributed by atoms with Gasteiger partial charge in [0.25, 0.3) is 5.91 Å². The lowest BCUT2D eigenvalue weighted by molar-refractivity contribution is 0.0763. The number of benzene rings is 2. The zero-order valence-corrected chi connectivity index (χ0v) is 16.5. The molecular weight excluding hydrogens is 386 g/mol. The molecule has 30 heavy (non-hydrogen) atoms. The van der Waals surface area contributed by atoms with Crippen molar-refractivity contribution < 1.29 is 13.6 Å². The Balaban J connectivity index is 1.49. The molecule has 0 N–H and O–H groups in total.